The van der Waals surface area contributed by atoms with Gasteiger partial charge in [-0.2, -0.15) is 0 Å². The van der Waals surface area contributed by atoms with Crippen LogP contribution in [0.4, 0.5) is 0 Å². The van der Waals surface area contributed by atoms with Gasteiger partial charge in [0.2, 0.25) is 0 Å². The smallest absolute Gasteiger partial charge is 0.134 e. The van der Waals surface area contributed by atoms with E-state index in [1.807, 2.05) is 18.2 Å². The fraction of sp³-hybridized carbons (Fsp3) is 0.231. The van der Waals surface area contributed by atoms with Crippen LogP contribution < -0.4 is 0 Å². The van der Waals surface area contributed by atoms with Crippen molar-refractivity contribution in [2.45, 2.75) is 19.8 Å². The summed E-state index contributed by atoms with van der Waals surface area (Å²) in [7, 11) is 0. The third kappa shape index (κ3) is 3.51. The molecule has 4 heteroatoms. The number of benzene rings is 1. The molecule has 0 radical (unpaired) electrons. The maximum absolute atomic E-state index is 5.96. The van der Waals surface area contributed by atoms with E-state index in [1.54, 1.807) is 0 Å². The first-order valence-corrected chi connectivity index (χ1v) is 6.61. The molecule has 0 saturated carbocycles. The van der Waals surface area contributed by atoms with Gasteiger partial charge in [-0.1, -0.05) is 46.6 Å². The minimum Gasteiger partial charge on any atom is -0.237 e. The van der Waals surface area contributed by atoms with E-state index >= 15 is 0 Å². The van der Waals surface area contributed by atoms with Crippen molar-refractivity contribution in [1.82, 2.24) is 9.97 Å². The molecule has 1 aromatic carbocycles. The highest BCUT2D eigenvalue weighted by atomic mass is 79.9. The molecule has 2 aromatic rings. The molecule has 0 saturated heterocycles. The largest absolute Gasteiger partial charge is 0.237 e. The fourth-order valence-corrected chi connectivity index (χ4v) is 2.05. The molecular formula is C13H12BrClN2. The van der Waals surface area contributed by atoms with Crippen LogP contribution in [0.25, 0.3) is 0 Å². The molecule has 0 N–H and O–H groups in total. The highest BCUT2D eigenvalue weighted by Crippen LogP contribution is 2.14. The molecule has 0 bridgehead atoms. The van der Waals surface area contributed by atoms with Crippen LogP contribution in [-0.2, 0) is 12.8 Å². The van der Waals surface area contributed by atoms with E-state index in [2.05, 4.69) is 45.0 Å². The zero-order valence-electron chi connectivity index (χ0n) is 9.45. The lowest BCUT2D eigenvalue weighted by Crippen LogP contribution is -2.00. The second-order valence-electron chi connectivity index (χ2n) is 3.76. The Morgan fingerprint density at radius 2 is 1.88 bits per heavy atom. The van der Waals surface area contributed by atoms with Gasteiger partial charge in [0.1, 0.15) is 11.0 Å². The molecule has 0 unspecified atom stereocenters. The Balaban J connectivity index is 2.23. The Morgan fingerprint density at radius 1 is 1.18 bits per heavy atom. The topological polar surface area (TPSA) is 25.8 Å². The van der Waals surface area contributed by atoms with Crippen molar-refractivity contribution in [1.29, 1.82) is 0 Å². The van der Waals surface area contributed by atoms with Gasteiger partial charge < -0.3 is 0 Å². The summed E-state index contributed by atoms with van der Waals surface area (Å²) >= 11 is 9.37. The van der Waals surface area contributed by atoms with Crippen molar-refractivity contribution in [3.05, 3.63) is 57.0 Å². The maximum atomic E-state index is 5.96. The zero-order valence-corrected chi connectivity index (χ0v) is 11.8. The summed E-state index contributed by atoms with van der Waals surface area (Å²) in [6, 6.07) is 9.95. The fourth-order valence-electron chi connectivity index (χ4n) is 1.56. The normalized spacial score (nSPS) is 10.5. The maximum Gasteiger partial charge on any atom is 0.134 e. The molecule has 0 aliphatic rings. The first-order chi connectivity index (χ1) is 8.17. The lowest BCUT2D eigenvalue weighted by molar-refractivity contribution is 0.906. The first kappa shape index (κ1) is 12.5. The highest BCUT2D eigenvalue weighted by Gasteiger charge is 2.03. The third-order valence-corrected chi connectivity index (χ3v) is 3.15. The zero-order chi connectivity index (χ0) is 12.3. The quantitative estimate of drug-likeness (QED) is 0.799. The van der Waals surface area contributed by atoms with Crippen molar-refractivity contribution >= 4 is 27.5 Å². The van der Waals surface area contributed by atoms with Gasteiger partial charge in [0, 0.05) is 16.6 Å². The molecule has 0 spiro atoms. The lowest BCUT2D eigenvalue weighted by Gasteiger charge is -2.04. The number of hydrogen-bond acceptors (Lipinski definition) is 2. The highest BCUT2D eigenvalue weighted by molar-refractivity contribution is 9.10. The number of rotatable bonds is 3. The van der Waals surface area contributed by atoms with Gasteiger partial charge in [-0.25, -0.2) is 9.97 Å². The van der Waals surface area contributed by atoms with E-state index in [1.165, 1.54) is 5.56 Å². The number of aryl methyl sites for hydroxylation is 1. The van der Waals surface area contributed by atoms with E-state index in [-0.39, 0.29) is 0 Å². The summed E-state index contributed by atoms with van der Waals surface area (Å²) in [6.45, 7) is 2.06. The Labute approximate surface area is 114 Å². The molecule has 0 aliphatic heterocycles. The van der Waals surface area contributed by atoms with E-state index < -0.39 is 0 Å². The predicted octanol–water partition coefficient (Wildman–Crippen LogP) is 4.05. The summed E-state index contributed by atoms with van der Waals surface area (Å²) < 4.78 is 1.07. The lowest BCUT2D eigenvalue weighted by atomic mass is 10.1. The van der Waals surface area contributed by atoms with Crippen molar-refractivity contribution in [3.63, 3.8) is 0 Å². The summed E-state index contributed by atoms with van der Waals surface area (Å²) in [5.41, 5.74) is 2.16. The Morgan fingerprint density at radius 3 is 2.53 bits per heavy atom. The second kappa shape index (κ2) is 5.61. The molecule has 0 amide bonds. The number of halogens is 2. The van der Waals surface area contributed by atoms with Gasteiger partial charge >= 0.3 is 0 Å². The summed E-state index contributed by atoms with van der Waals surface area (Å²) in [5, 5.41) is 0.518. The van der Waals surface area contributed by atoms with Crippen LogP contribution in [0.5, 0.6) is 0 Å². The van der Waals surface area contributed by atoms with E-state index in [0.29, 0.717) is 11.6 Å². The standard InChI is InChI=1S/C13H12BrClN2/c1-2-11-8-12(15)17-13(16-11)7-9-3-5-10(14)6-4-9/h3-6,8H,2,7H2,1H3. The monoisotopic (exact) mass is 310 g/mol. The summed E-state index contributed by atoms with van der Waals surface area (Å²) in [5.74, 6) is 0.775. The van der Waals surface area contributed by atoms with Crippen LogP contribution in [-0.4, -0.2) is 9.97 Å². The van der Waals surface area contributed by atoms with Crippen molar-refractivity contribution in [2.24, 2.45) is 0 Å². The van der Waals surface area contributed by atoms with Crippen molar-refractivity contribution in [2.75, 3.05) is 0 Å². The van der Waals surface area contributed by atoms with Crippen LogP contribution >= 0.6 is 27.5 Å². The molecule has 2 rings (SSSR count). The molecule has 2 nitrogen and oxygen atoms in total. The minimum absolute atomic E-state index is 0.518. The molecule has 1 aromatic heterocycles. The van der Waals surface area contributed by atoms with Crippen molar-refractivity contribution in [3.8, 4) is 0 Å². The number of nitrogens with zero attached hydrogens (tertiary/aromatic N) is 2. The van der Waals surface area contributed by atoms with E-state index in [4.69, 9.17) is 11.6 Å². The summed E-state index contributed by atoms with van der Waals surface area (Å²) in [4.78, 5) is 8.70. The number of hydrogen-bond donors (Lipinski definition) is 0. The molecular weight excluding hydrogens is 300 g/mol. The van der Waals surface area contributed by atoms with Gasteiger partial charge in [-0.15, -0.1) is 0 Å². The van der Waals surface area contributed by atoms with Crippen LogP contribution in [0.3, 0.4) is 0 Å². The van der Waals surface area contributed by atoms with Gasteiger partial charge in [0.15, 0.2) is 0 Å². The van der Waals surface area contributed by atoms with E-state index in [0.717, 1.165) is 22.4 Å². The minimum atomic E-state index is 0.518. The predicted molar refractivity (Wildman–Crippen MR) is 73.4 cm³/mol. The SMILES string of the molecule is CCc1cc(Cl)nc(Cc2ccc(Br)cc2)n1. The summed E-state index contributed by atoms with van der Waals surface area (Å²) in [6.07, 6.45) is 1.58. The van der Waals surface area contributed by atoms with E-state index in [9.17, 15) is 0 Å². The Bertz CT molecular complexity index is 511. The second-order valence-corrected chi connectivity index (χ2v) is 5.06. The average Bonchev–Trinajstić information content (AvgIpc) is 2.31. The number of aromatic nitrogens is 2. The Hall–Kier alpha value is -0.930. The van der Waals surface area contributed by atoms with Crippen molar-refractivity contribution < 1.29 is 0 Å². The third-order valence-electron chi connectivity index (χ3n) is 2.43. The van der Waals surface area contributed by atoms with Gasteiger partial charge in [0.25, 0.3) is 0 Å². The molecule has 17 heavy (non-hydrogen) atoms. The molecule has 88 valence electrons. The van der Waals surface area contributed by atoms with Crippen LogP contribution in [0.2, 0.25) is 5.15 Å². The van der Waals surface area contributed by atoms with Gasteiger partial charge in [-0.3, -0.25) is 0 Å². The molecule has 0 atom stereocenters. The Kier molecular flexibility index (Phi) is 4.13. The average molecular weight is 312 g/mol. The van der Waals surface area contributed by atoms with Crippen LogP contribution in [0.15, 0.2) is 34.8 Å². The van der Waals surface area contributed by atoms with Crippen LogP contribution in [0.1, 0.15) is 24.0 Å². The molecule has 0 fully saturated rings. The first-order valence-electron chi connectivity index (χ1n) is 5.44. The van der Waals surface area contributed by atoms with Gasteiger partial charge in [-0.05, 0) is 30.2 Å². The molecule has 1 heterocycles. The van der Waals surface area contributed by atoms with Crippen LogP contribution in [0, 0.1) is 0 Å². The van der Waals surface area contributed by atoms with Gasteiger partial charge in [0.05, 0.1) is 0 Å². The molecule has 0 aliphatic carbocycles.